The fourth-order valence-corrected chi connectivity index (χ4v) is 2.02. The third kappa shape index (κ3) is 1.45. The number of fused-ring (bicyclic) bond motifs is 1. The Hall–Kier alpha value is -2.12. The number of rotatable bonds is 3. The number of carbonyl (C=O) groups excluding carboxylic acids is 2. The number of likely N-dealkylation sites (N-methyl/N-ethyl adjacent to an activating group) is 2. The van der Waals surface area contributed by atoms with Crippen molar-refractivity contribution in [1.82, 2.24) is 20.5 Å². The van der Waals surface area contributed by atoms with Crippen LogP contribution in [-0.2, 0) is 4.79 Å². The summed E-state index contributed by atoms with van der Waals surface area (Å²) in [4.78, 5) is 31.0. The fraction of sp³-hybridized carbons (Fsp3) is 0.600. The van der Waals surface area contributed by atoms with E-state index in [1.807, 2.05) is 6.92 Å². The Morgan fingerprint density at radius 2 is 2.28 bits per heavy atom. The number of urea groups is 1. The van der Waals surface area contributed by atoms with Gasteiger partial charge in [-0.2, -0.15) is 5.10 Å². The van der Waals surface area contributed by atoms with E-state index in [1.165, 1.54) is 23.2 Å². The quantitative estimate of drug-likeness (QED) is 0.685. The van der Waals surface area contributed by atoms with E-state index in [9.17, 15) is 9.59 Å². The average Bonchev–Trinajstić information content (AvgIpc) is 2.59. The minimum Gasteiger partial charge on any atom is -0.352 e. The molecule has 18 heavy (non-hydrogen) atoms. The van der Waals surface area contributed by atoms with Crippen molar-refractivity contribution in [2.24, 2.45) is 10.1 Å². The minimum atomic E-state index is -1.38. The zero-order valence-electron chi connectivity index (χ0n) is 10.6. The van der Waals surface area contributed by atoms with Crippen LogP contribution in [0.2, 0.25) is 0 Å². The van der Waals surface area contributed by atoms with Gasteiger partial charge in [0.25, 0.3) is 11.6 Å². The monoisotopic (exact) mass is 252 g/mol. The molecule has 0 aromatic rings. The molecule has 0 bridgehead atoms. The SMILES string of the molecule is CCCNC(=O)C12N=CNN=C1N(C)C(=O)N2C. The molecule has 1 saturated heterocycles. The molecule has 0 aromatic carbocycles. The summed E-state index contributed by atoms with van der Waals surface area (Å²) in [5, 5.41) is 6.75. The molecular weight excluding hydrogens is 236 g/mol. The summed E-state index contributed by atoms with van der Waals surface area (Å²) in [6.07, 6.45) is 2.13. The van der Waals surface area contributed by atoms with E-state index in [0.717, 1.165) is 6.42 Å². The van der Waals surface area contributed by atoms with Crippen molar-refractivity contribution < 1.29 is 9.59 Å². The Balaban J connectivity index is 2.40. The Kier molecular flexibility index (Phi) is 2.93. The van der Waals surface area contributed by atoms with Gasteiger partial charge in [-0.1, -0.05) is 6.92 Å². The van der Waals surface area contributed by atoms with Crippen LogP contribution in [0.3, 0.4) is 0 Å². The number of amidine groups is 1. The summed E-state index contributed by atoms with van der Waals surface area (Å²) in [5.41, 5.74) is 1.18. The molecule has 3 amide bonds. The summed E-state index contributed by atoms with van der Waals surface area (Å²) in [5.74, 6) is -0.0628. The molecule has 2 aliphatic rings. The van der Waals surface area contributed by atoms with Crippen LogP contribution >= 0.6 is 0 Å². The van der Waals surface area contributed by atoms with E-state index in [4.69, 9.17) is 0 Å². The van der Waals surface area contributed by atoms with Crippen molar-refractivity contribution in [3.63, 3.8) is 0 Å². The van der Waals surface area contributed by atoms with Crippen molar-refractivity contribution >= 4 is 24.1 Å². The zero-order valence-corrected chi connectivity index (χ0v) is 10.6. The highest BCUT2D eigenvalue weighted by molar-refractivity contribution is 6.22. The van der Waals surface area contributed by atoms with Gasteiger partial charge in [-0.15, -0.1) is 0 Å². The molecule has 0 aromatic heterocycles. The maximum Gasteiger partial charge on any atom is 0.327 e. The molecule has 0 radical (unpaired) electrons. The molecule has 1 fully saturated rings. The van der Waals surface area contributed by atoms with Crippen LogP contribution in [0, 0.1) is 0 Å². The van der Waals surface area contributed by atoms with Gasteiger partial charge < -0.3 is 5.32 Å². The maximum atomic E-state index is 12.3. The average molecular weight is 252 g/mol. The molecular formula is C10H16N6O2. The maximum absolute atomic E-state index is 12.3. The van der Waals surface area contributed by atoms with Crippen molar-refractivity contribution in [1.29, 1.82) is 0 Å². The number of hydrogen-bond donors (Lipinski definition) is 2. The Morgan fingerprint density at radius 3 is 2.94 bits per heavy atom. The second kappa shape index (κ2) is 4.28. The van der Waals surface area contributed by atoms with Crippen molar-refractivity contribution in [3.8, 4) is 0 Å². The zero-order chi connectivity index (χ0) is 13.3. The van der Waals surface area contributed by atoms with Gasteiger partial charge in [0.15, 0.2) is 5.84 Å². The highest BCUT2D eigenvalue weighted by atomic mass is 16.2. The van der Waals surface area contributed by atoms with Gasteiger partial charge in [0.1, 0.15) is 6.34 Å². The van der Waals surface area contributed by atoms with Gasteiger partial charge in [0.2, 0.25) is 0 Å². The summed E-state index contributed by atoms with van der Waals surface area (Å²) in [6.45, 7) is 2.48. The van der Waals surface area contributed by atoms with Crippen LogP contribution in [0.4, 0.5) is 4.79 Å². The lowest BCUT2D eigenvalue weighted by Crippen LogP contribution is -2.59. The van der Waals surface area contributed by atoms with Gasteiger partial charge in [0, 0.05) is 20.6 Å². The second-order valence-electron chi connectivity index (χ2n) is 4.15. The molecule has 1 atom stereocenters. The number of nitrogens with zero attached hydrogens (tertiary/aromatic N) is 4. The Morgan fingerprint density at radius 1 is 1.56 bits per heavy atom. The molecule has 2 aliphatic heterocycles. The smallest absolute Gasteiger partial charge is 0.327 e. The van der Waals surface area contributed by atoms with Crippen LogP contribution in [-0.4, -0.2) is 60.2 Å². The molecule has 2 N–H and O–H groups in total. The number of carbonyl (C=O) groups is 2. The normalized spacial score (nSPS) is 25.7. The van der Waals surface area contributed by atoms with Crippen LogP contribution in [0.1, 0.15) is 13.3 Å². The van der Waals surface area contributed by atoms with Crippen LogP contribution in [0.15, 0.2) is 10.1 Å². The number of hydrazone groups is 1. The molecule has 2 heterocycles. The third-order valence-corrected chi connectivity index (χ3v) is 3.02. The highest BCUT2D eigenvalue weighted by Crippen LogP contribution is 2.29. The largest absolute Gasteiger partial charge is 0.352 e. The third-order valence-electron chi connectivity index (χ3n) is 3.02. The highest BCUT2D eigenvalue weighted by Gasteiger charge is 2.59. The molecule has 2 rings (SSSR count). The van der Waals surface area contributed by atoms with Crippen LogP contribution < -0.4 is 10.7 Å². The molecule has 0 aliphatic carbocycles. The lowest BCUT2D eigenvalue weighted by Gasteiger charge is -2.30. The first-order valence-corrected chi connectivity index (χ1v) is 5.73. The van der Waals surface area contributed by atoms with Crippen molar-refractivity contribution in [2.75, 3.05) is 20.6 Å². The number of amides is 3. The van der Waals surface area contributed by atoms with Gasteiger partial charge in [-0.05, 0) is 6.42 Å². The van der Waals surface area contributed by atoms with Crippen LogP contribution in [0.25, 0.3) is 0 Å². The molecule has 8 nitrogen and oxygen atoms in total. The van der Waals surface area contributed by atoms with Gasteiger partial charge in [-0.25, -0.2) is 9.79 Å². The van der Waals surface area contributed by atoms with Crippen molar-refractivity contribution in [2.45, 2.75) is 19.0 Å². The van der Waals surface area contributed by atoms with E-state index in [-0.39, 0.29) is 17.8 Å². The lowest BCUT2D eigenvalue weighted by atomic mass is 10.1. The molecule has 0 saturated carbocycles. The summed E-state index contributed by atoms with van der Waals surface area (Å²) < 4.78 is 0. The van der Waals surface area contributed by atoms with E-state index in [1.54, 1.807) is 7.05 Å². The lowest BCUT2D eigenvalue weighted by molar-refractivity contribution is -0.127. The topological polar surface area (TPSA) is 89.4 Å². The Bertz CT molecular complexity index is 446. The van der Waals surface area contributed by atoms with E-state index in [0.29, 0.717) is 6.54 Å². The first-order chi connectivity index (χ1) is 8.55. The van der Waals surface area contributed by atoms with E-state index in [2.05, 4.69) is 20.8 Å². The standard InChI is InChI=1S/C10H16N6O2/c1-4-5-11-8(17)10-7(14-13-6-12-10)15(2)9(18)16(10)3/h6H,4-5H2,1-3H3,(H,11,17)(H,12,13). The van der Waals surface area contributed by atoms with Gasteiger partial charge >= 0.3 is 6.03 Å². The van der Waals surface area contributed by atoms with Gasteiger partial charge in [0.05, 0.1) is 0 Å². The summed E-state index contributed by atoms with van der Waals surface area (Å²) in [6, 6.07) is -0.318. The number of hydrogen-bond acceptors (Lipinski definition) is 5. The molecule has 1 unspecified atom stereocenters. The molecule has 0 spiro atoms. The van der Waals surface area contributed by atoms with Crippen molar-refractivity contribution in [3.05, 3.63) is 0 Å². The second-order valence-corrected chi connectivity index (χ2v) is 4.15. The summed E-state index contributed by atoms with van der Waals surface area (Å²) in [7, 11) is 3.10. The first kappa shape index (κ1) is 12.3. The number of aliphatic imine (C=N–C) groups is 1. The number of nitrogens with one attached hydrogen (secondary N) is 2. The van der Waals surface area contributed by atoms with Gasteiger partial charge in [-0.3, -0.25) is 20.0 Å². The summed E-state index contributed by atoms with van der Waals surface area (Å²) >= 11 is 0. The van der Waals surface area contributed by atoms with E-state index >= 15 is 0 Å². The first-order valence-electron chi connectivity index (χ1n) is 5.73. The van der Waals surface area contributed by atoms with E-state index < -0.39 is 5.66 Å². The molecule has 8 heteroatoms. The minimum absolute atomic E-state index is 0.283. The predicted molar refractivity (Wildman–Crippen MR) is 66.0 cm³/mol. The molecule has 98 valence electrons. The van der Waals surface area contributed by atoms with Crippen LogP contribution in [0.5, 0.6) is 0 Å². The predicted octanol–water partition coefficient (Wildman–Crippen LogP) is -0.849. The Labute approximate surface area is 105 Å². The fourth-order valence-electron chi connectivity index (χ4n) is 2.02.